The summed E-state index contributed by atoms with van der Waals surface area (Å²) >= 11 is 0. The van der Waals surface area contributed by atoms with Crippen LogP contribution < -0.4 is 5.32 Å². The van der Waals surface area contributed by atoms with E-state index in [0.717, 1.165) is 25.1 Å². The first-order chi connectivity index (χ1) is 9.33. The minimum Gasteiger partial charge on any atom is -0.379 e. The van der Waals surface area contributed by atoms with Crippen molar-refractivity contribution in [1.29, 1.82) is 0 Å². The van der Waals surface area contributed by atoms with Gasteiger partial charge in [0.25, 0.3) is 0 Å². The first-order valence-electron chi connectivity index (χ1n) is 7.61. The van der Waals surface area contributed by atoms with Crippen LogP contribution >= 0.6 is 0 Å². The molecule has 0 aliphatic carbocycles. The highest BCUT2D eigenvalue weighted by Crippen LogP contribution is 2.26. The summed E-state index contributed by atoms with van der Waals surface area (Å²) in [4.78, 5) is 0. The fraction of sp³-hybridized carbons (Fsp3) is 0.812. The molecular formula is C16H31N3O. The van der Waals surface area contributed by atoms with Crippen LogP contribution in [0.4, 0.5) is 0 Å². The Morgan fingerprint density at radius 1 is 1.35 bits per heavy atom. The molecule has 0 spiro atoms. The van der Waals surface area contributed by atoms with Gasteiger partial charge in [0.05, 0.1) is 11.8 Å². The second kappa shape index (κ2) is 7.23. The van der Waals surface area contributed by atoms with Crippen LogP contribution in [0.3, 0.4) is 0 Å². The summed E-state index contributed by atoms with van der Waals surface area (Å²) in [5.74, 6) is 0. The number of nitrogens with one attached hydrogen (secondary N) is 1. The highest BCUT2D eigenvalue weighted by molar-refractivity contribution is 5.12. The number of likely N-dealkylation sites (N-methyl/N-ethyl adjacent to an activating group) is 1. The number of aromatic nitrogens is 2. The van der Waals surface area contributed by atoms with Gasteiger partial charge in [-0.15, -0.1) is 0 Å². The molecule has 1 heterocycles. The summed E-state index contributed by atoms with van der Waals surface area (Å²) in [5, 5.41) is 8.11. The Balaban J connectivity index is 2.93. The molecular weight excluding hydrogens is 250 g/mol. The summed E-state index contributed by atoms with van der Waals surface area (Å²) in [5.41, 5.74) is 2.52. The number of aryl methyl sites for hydroxylation is 2. The van der Waals surface area contributed by atoms with Gasteiger partial charge >= 0.3 is 0 Å². The molecule has 0 bridgehead atoms. The molecule has 0 fully saturated rings. The zero-order valence-electron chi connectivity index (χ0n) is 14.2. The smallest absolute Gasteiger partial charge is 0.0776 e. The Kier molecular flexibility index (Phi) is 6.21. The number of methoxy groups -OCH3 is 1. The van der Waals surface area contributed by atoms with Crippen LogP contribution in [0.15, 0.2) is 6.07 Å². The van der Waals surface area contributed by atoms with Crippen molar-refractivity contribution in [2.45, 2.75) is 59.6 Å². The SMILES string of the molecule is CCNC(Cc1cc(CC)nn1C)C(OC)C(C)(C)C. The van der Waals surface area contributed by atoms with Crippen molar-refractivity contribution < 1.29 is 4.74 Å². The molecule has 2 unspecified atom stereocenters. The van der Waals surface area contributed by atoms with Crippen molar-refractivity contribution in [2.75, 3.05) is 13.7 Å². The third-order valence-electron chi connectivity index (χ3n) is 3.76. The number of hydrogen-bond donors (Lipinski definition) is 1. The second-order valence-corrected chi connectivity index (χ2v) is 6.49. The Labute approximate surface area is 123 Å². The molecule has 116 valence electrons. The van der Waals surface area contributed by atoms with E-state index < -0.39 is 0 Å². The zero-order valence-corrected chi connectivity index (χ0v) is 14.2. The lowest BCUT2D eigenvalue weighted by Crippen LogP contribution is -2.49. The van der Waals surface area contributed by atoms with Crippen LogP contribution in [0.5, 0.6) is 0 Å². The molecule has 20 heavy (non-hydrogen) atoms. The molecule has 0 aliphatic rings. The second-order valence-electron chi connectivity index (χ2n) is 6.49. The van der Waals surface area contributed by atoms with Crippen LogP contribution in [0, 0.1) is 5.41 Å². The zero-order chi connectivity index (χ0) is 15.3. The number of ether oxygens (including phenoxy) is 1. The minimum absolute atomic E-state index is 0.105. The summed E-state index contributed by atoms with van der Waals surface area (Å²) in [7, 11) is 3.83. The first-order valence-corrected chi connectivity index (χ1v) is 7.61. The van der Waals surface area contributed by atoms with E-state index in [1.54, 1.807) is 7.11 Å². The summed E-state index contributed by atoms with van der Waals surface area (Å²) < 4.78 is 7.78. The highest BCUT2D eigenvalue weighted by atomic mass is 16.5. The van der Waals surface area contributed by atoms with Gasteiger partial charge in [-0.1, -0.05) is 34.6 Å². The van der Waals surface area contributed by atoms with Gasteiger partial charge < -0.3 is 10.1 Å². The Morgan fingerprint density at radius 2 is 2.00 bits per heavy atom. The fourth-order valence-electron chi connectivity index (χ4n) is 2.83. The van der Waals surface area contributed by atoms with Crippen molar-refractivity contribution in [3.63, 3.8) is 0 Å². The Hall–Kier alpha value is -0.870. The van der Waals surface area contributed by atoms with Gasteiger partial charge in [0.1, 0.15) is 0 Å². The van der Waals surface area contributed by atoms with Crippen molar-refractivity contribution in [3.05, 3.63) is 17.5 Å². The number of hydrogen-bond acceptors (Lipinski definition) is 3. The fourth-order valence-corrected chi connectivity index (χ4v) is 2.83. The number of rotatable bonds is 7. The molecule has 0 saturated carbocycles. The van der Waals surface area contributed by atoms with E-state index in [-0.39, 0.29) is 11.5 Å². The monoisotopic (exact) mass is 281 g/mol. The largest absolute Gasteiger partial charge is 0.379 e. The maximum atomic E-state index is 5.78. The van der Waals surface area contributed by atoms with Crippen LogP contribution in [-0.4, -0.2) is 35.6 Å². The summed E-state index contributed by atoms with van der Waals surface area (Å²) in [6.45, 7) is 11.9. The van der Waals surface area contributed by atoms with E-state index in [9.17, 15) is 0 Å². The predicted octanol–water partition coefficient (Wildman–Crippen LogP) is 2.56. The van der Waals surface area contributed by atoms with Crippen LogP contribution in [0.2, 0.25) is 0 Å². The quantitative estimate of drug-likeness (QED) is 0.835. The van der Waals surface area contributed by atoms with Crippen molar-refractivity contribution in [1.82, 2.24) is 15.1 Å². The predicted molar refractivity (Wildman–Crippen MR) is 84.0 cm³/mol. The van der Waals surface area contributed by atoms with Crippen molar-refractivity contribution in [3.8, 4) is 0 Å². The third-order valence-corrected chi connectivity index (χ3v) is 3.76. The van der Waals surface area contributed by atoms with Gasteiger partial charge in [0.15, 0.2) is 0 Å². The molecule has 0 aromatic carbocycles. The Bertz CT molecular complexity index is 406. The van der Waals surface area contributed by atoms with Crippen molar-refractivity contribution in [2.24, 2.45) is 12.5 Å². The van der Waals surface area contributed by atoms with Crippen LogP contribution in [0.25, 0.3) is 0 Å². The molecule has 1 aromatic heterocycles. The molecule has 4 nitrogen and oxygen atoms in total. The maximum Gasteiger partial charge on any atom is 0.0776 e. The van der Waals surface area contributed by atoms with Gasteiger partial charge in [0.2, 0.25) is 0 Å². The lowest BCUT2D eigenvalue weighted by molar-refractivity contribution is -0.0110. The van der Waals surface area contributed by atoms with Crippen LogP contribution in [0.1, 0.15) is 46.0 Å². The molecule has 1 rings (SSSR count). The lowest BCUT2D eigenvalue weighted by atomic mass is 9.83. The lowest BCUT2D eigenvalue weighted by Gasteiger charge is -2.36. The van der Waals surface area contributed by atoms with Gasteiger partial charge in [-0.25, -0.2) is 0 Å². The summed E-state index contributed by atoms with van der Waals surface area (Å²) in [6.07, 6.45) is 2.09. The van der Waals surface area contributed by atoms with Gasteiger partial charge in [-0.05, 0) is 24.4 Å². The first kappa shape index (κ1) is 17.2. The third kappa shape index (κ3) is 4.32. The van der Waals surface area contributed by atoms with Crippen molar-refractivity contribution >= 4 is 0 Å². The average molecular weight is 281 g/mol. The van der Waals surface area contributed by atoms with Gasteiger partial charge in [0, 0.05) is 32.3 Å². The van der Waals surface area contributed by atoms with Gasteiger partial charge in [-0.2, -0.15) is 5.10 Å². The number of nitrogens with zero attached hydrogens (tertiary/aromatic N) is 2. The van der Waals surface area contributed by atoms with E-state index in [0.29, 0.717) is 6.04 Å². The summed E-state index contributed by atoms with van der Waals surface area (Å²) in [6, 6.07) is 2.50. The van der Waals surface area contributed by atoms with E-state index in [2.05, 4.69) is 51.1 Å². The Morgan fingerprint density at radius 3 is 2.40 bits per heavy atom. The molecule has 0 saturated heterocycles. The normalized spacial score (nSPS) is 15.3. The topological polar surface area (TPSA) is 39.1 Å². The molecule has 0 amide bonds. The standard InChI is InChI=1S/C16H31N3O/c1-8-12-10-13(19(6)18-12)11-14(17-9-2)15(20-7)16(3,4)5/h10,14-15,17H,8-9,11H2,1-7H3. The average Bonchev–Trinajstić information content (AvgIpc) is 2.69. The minimum atomic E-state index is 0.105. The molecule has 1 N–H and O–H groups in total. The van der Waals surface area contributed by atoms with E-state index in [1.807, 2.05) is 11.7 Å². The van der Waals surface area contributed by atoms with Gasteiger partial charge in [-0.3, -0.25) is 4.68 Å². The molecule has 4 heteroatoms. The molecule has 0 aliphatic heterocycles. The molecule has 0 radical (unpaired) electrons. The van der Waals surface area contributed by atoms with E-state index in [1.165, 1.54) is 5.69 Å². The molecule has 1 aromatic rings. The highest BCUT2D eigenvalue weighted by Gasteiger charge is 2.32. The van der Waals surface area contributed by atoms with E-state index >= 15 is 0 Å². The maximum absolute atomic E-state index is 5.78. The van der Waals surface area contributed by atoms with E-state index in [4.69, 9.17) is 4.74 Å². The van der Waals surface area contributed by atoms with Crippen LogP contribution in [-0.2, 0) is 24.6 Å². The molecule has 2 atom stereocenters.